The Labute approximate surface area is 123 Å². The van der Waals surface area contributed by atoms with Crippen LogP contribution in [0.15, 0.2) is 11.6 Å². The standard InChI is InChI=1S/C11H14N6O3S/c12-2-1-9-14-8(6-21-9)11(20)13-3-7-4-17(16-15-7)5-10(18)19/h4,6H,1-3,5,12H2,(H,13,20)(H,18,19). The van der Waals surface area contributed by atoms with Gasteiger partial charge in [0.15, 0.2) is 0 Å². The molecular weight excluding hydrogens is 296 g/mol. The number of aromatic nitrogens is 4. The van der Waals surface area contributed by atoms with E-state index in [2.05, 4.69) is 20.6 Å². The van der Waals surface area contributed by atoms with Gasteiger partial charge in [0.05, 0.1) is 17.7 Å². The third-order valence-corrected chi connectivity index (χ3v) is 3.36. The Morgan fingerprint density at radius 1 is 1.48 bits per heavy atom. The highest BCUT2D eigenvalue weighted by Crippen LogP contribution is 2.10. The summed E-state index contributed by atoms with van der Waals surface area (Å²) >= 11 is 1.39. The normalized spacial score (nSPS) is 10.5. The van der Waals surface area contributed by atoms with Gasteiger partial charge in [-0.2, -0.15) is 0 Å². The fourth-order valence-electron chi connectivity index (χ4n) is 1.55. The molecule has 10 heteroatoms. The lowest BCUT2D eigenvalue weighted by molar-refractivity contribution is -0.137. The molecule has 2 heterocycles. The molecule has 0 fully saturated rings. The molecule has 0 saturated carbocycles. The van der Waals surface area contributed by atoms with Crippen molar-refractivity contribution in [3.63, 3.8) is 0 Å². The average Bonchev–Trinajstić information content (AvgIpc) is 3.05. The van der Waals surface area contributed by atoms with Gasteiger partial charge in [0.1, 0.15) is 17.9 Å². The molecule has 9 nitrogen and oxygen atoms in total. The van der Waals surface area contributed by atoms with Gasteiger partial charge in [0, 0.05) is 11.8 Å². The van der Waals surface area contributed by atoms with Crippen LogP contribution in [0, 0.1) is 0 Å². The van der Waals surface area contributed by atoms with E-state index in [0.717, 1.165) is 5.01 Å². The Hall–Kier alpha value is -2.33. The van der Waals surface area contributed by atoms with Crippen LogP contribution >= 0.6 is 11.3 Å². The molecule has 0 atom stereocenters. The minimum Gasteiger partial charge on any atom is -0.480 e. The third kappa shape index (κ3) is 4.33. The Bertz CT molecular complexity index is 637. The zero-order valence-corrected chi connectivity index (χ0v) is 11.8. The first kappa shape index (κ1) is 15.1. The molecule has 0 spiro atoms. The number of rotatable bonds is 7. The highest BCUT2D eigenvalue weighted by molar-refractivity contribution is 7.09. The number of hydrogen-bond donors (Lipinski definition) is 3. The van der Waals surface area contributed by atoms with Gasteiger partial charge in [-0.15, -0.1) is 16.4 Å². The van der Waals surface area contributed by atoms with Crippen molar-refractivity contribution in [1.82, 2.24) is 25.3 Å². The molecule has 1 amide bonds. The number of hydrogen-bond acceptors (Lipinski definition) is 7. The van der Waals surface area contributed by atoms with E-state index in [4.69, 9.17) is 10.8 Å². The Morgan fingerprint density at radius 2 is 2.29 bits per heavy atom. The maximum Gasteiger partial charge on any atom is 0.325 e. The largest absolute Gasteiger partial charge is 0.480 e. The molecule has 21 heavy (non-hydrogen) atoms. The van der Waals surface area contributed by atoms with Gasteiger partial charge >= 0.3 is 5.97 Å². The van der Waals surface area contributed by atoms with Crippen molar-refractivity contribution in [2.45, 2.75) is 19.5 Å². The highest BCUT2D eigenvalue weighted by atomic mass is 32.1. The molecule has 2 rings (SSSR count). The van der Waals surface area contributed by atoms with E-state index in [1.165, 1.54) is 22.2 Å². The minimum atomic E-state index is -1.01. The van der Waals surface area contributed by atoms with E-state index in [1.807, 2.05) is 0 Å². The van der Waals surface area contributed by atoms with E-state index in [1.54, 1.807) is 5.38 Å². The van der Waals surface area contributed by atoms with Crippen LogP contribution in [-0.4, -0.2) is 43.5 Å². The maximum atomic E-state index is 11.9. The smallest absolute Gasteiger partial charge is 0.325 e. The van der Waals surface area contributed by atoms with Crippen LogP contribution in [-0.2, 0) is 24.3 Å². The summed E-state index contributed by atoms with van der Waals surface area (Å²) in [6.45, 7) is 0.374. The second-order valence-electron chi connectivity index (χ2n) is 4.15. The summed E-state index contributed by atoms with van der Waals surface area (Å²) in [7, 11) is 0. The van der Waals surface area contributed by atoms with Crippen molar-refractivity contribution in [3.8, 4) is 0 Å². The van der Waals surface area contributed by atoms with Crippen molar-refractivity contribution in [3.05, 3.63) is 28.0 Å². The zero-order chi connectivity index (χ0) is 15.2. The molecule has 0 aromatic carbocycles. The van der Waals surface area contributed by atoms with Gasteiger partial charge in [-0.25, -0.2) is 9.67 Å². The average molecular weight is 310 g/mol. The van der Waals surface area contributed by atoms with E-state index in [-0.39, 0.29) is 19.0 Å². The molecule has 0 saturated heterocycles. The lowest BCUT2D eigenvalue weighted by Gasteiger charge is -1.99. The van der Waals surface area contributed by atoms with Crippen molar-refractivity contribution in [2.24, 2.45) is 5.73 Å². The van der Waals surface area contributed by atoms with Crippen LogP contribution < -0.4 is 11.1 Å². The number of carboxylic acid groups (broad SMARTS) is 1. The van der Waals surface area contributed by atoms with Crippen LogP contribution in [0.1, 0.15) is 21.2 Å². The summed E-state index contributed by atoms with van der Waals surface area (Å²) in [6.07, 6.45) is 2.11. The van der Waals surface area contributed by atoms with Gasteiger partial charge < -0.3 is 16.2 Å². The Morgan fingerprint density at radius 3 is 3.00 bits per heavy atom. The number of nitrogens with one attached hydrogen (secondary N) is 1. The van der Waals surface area contributed by atoms with E-state index in [0.29, 0.717) is 24.4 Å². The predicted octanol–water partition coefficient (Wildman–Crippen LogP) is -0.750. The van der Waals surface area contributed by atoms with Gasteiger partial charge in [-0.3, -0.25) is 9.59 Å². The second-order valence-corrected chi connectivity index (χ2v) is 5.09. The van der Waals surface area contributed by atoms with Crippen LogP contribution in [0.2, 0.25) is 0 Å². The summed E-state index contributed by atoms with van der Waals surface area (Å²) in [5.41, 5.74) is 6.23. The summed E-state index contributed by atoms with van der Waals surface area (Å²) < 4.78 is 1.19. The van der Waals surface area contributed by atoms with Crippen molar-refractivity contribution in [1.29, 1.82) is 0 Å². The number of nitrogens with two attached hydrogens (primary N) is 1. The number of thiazole rings is 1. The number of carbonyl (C=O) groups is 2. The second kappa shape index (κ2) is 6.90. The minimum absolute atomic E-state index is 0.155. The van der Waals surface area contributed by atoms with Gasteiger partial charge in [-0.05, 0) is 6.54 Å². The molecule has 2 aromatic rings. The molecule has 0 unspecified atom stereocenters. The van der Waals surface area contributed by atoms with Gasteiger partial charge in [0.25, 0.3) is 5.91 Å². The van der Waals surface area contributed by atoms with Crippen LogP contribution in [0.3, 0.4) is 0 Å². The first-order valence-corrected chi connectivity index (χ1v) is 7.00. The number of carbonyl (C=O) groups excluding carboxylic acids is 1. The van der Waals surface area contributed by atoms with Gasteiger partial charge in [0.2, 0.25) is 0 Å². The van der Waals surface area contributed by atoms with E-state index in [9.17, 15) is 9.59 Å². The number of amides is 1. The lowest BCUT2D eigenvalue weighted by Crippen LogP contribution is -2.23. The van der Waals surface area contributed by atoms with Crippen LogP contribution in [0.25, 0.3) is 0 Å². The predicted molar refractivity (Wildman–Crippen MR) is 73.7 cm³/mol. The summed E-state index contributed by atoms with van der Waals surface area (Å²) in [6, 6.07) is 0. The molecule has 4 N–H and O–H groups in total. The summed E-state index contributed by atoms with van der Waals surface area (Å²) in [5.74, 6) is -1.33. The number of carboxylic acids is 1. The highest BCUT2D eigenvalue weighted by Gasteiger charge is 2.11. The quantitative estimate of drug-likeness (QED) is 0.612. The fraction of sp³-hybridized carbons (Fsp3) is 0.364. The molecule has 2 aromatic heterocycles. The fourth-order valence-corrected chi connectivity index (χ4v) is 2.34. The van der Waals surface area contributed by atoms with Gasteiger partial charge in [-0.1, -0.05) is 5.21 Å². The van der Waals surface area contributed by atoms with Crippen LogP contribution in [0.4, 0.5) is 0 Å². The maximum absolute atomic E-state index is 11.9. The molecular formula is C11H14N6O3S. The molecule has 0 aliphatic heterocycles. The summed E-state index contributed by atoms with van der Waals surface area (Å²) in [5, 5.41) is 21.2. The number of nitrogens with zero attached hydrogens (tertiary/aromatic N) is 4. The first-order valence-electron chi connectivity index (χ1n) is 6.12. The van der Waals surface area contributed by atoms with Crippen molar-refractivity contribution >= 4 is 23.2 Å². The third-order valence-electron chi connectivity index (χ3n) is 2.46. The summed E-state index contributed by atoms with van der Waals surface area (Å²) in [4.78, 5) is 26.5. The molecule has 0 aliphatic carbocycles. The van der Waals surface area contributed by atoms with Crippen LogP contribution in [0.5, 0.6) is 0 Å². The SMILES string of the molecule is NCCc1nc(C(=O)NCc2cn(CC(=O)O)nn2)cs1. The van der Waals surface area contributed by atoms with E-state index < -0.39 is 5.97 Å². The number of aliphatic carboxylic acids is 1. The Balaban J connectivity index is 1.88. The molecule has 112 valence electrons. The Kier molecular flexibility index (Phi) is 4.95. The molecule has 0 radical (unpaired) electrons. The topological polar surface area (TPSA) is 136 Å². The molecule has 0 aliphatic rings. The first-order chi connectivity index (χ1) is 10.1. The monoisotopic (exact) mass is 310 g/mol. The lowest BCUT2D eigenvalue weighted by atomic mass is 10.4. The van der Waals surface area contributed by atoms with Crippen molar-refractivity contribution in [2.75, 3.05) is 6.54 Å². The zero-order valence-electron chi connectivity index (χ0n) is 11.0. The van der Waals surface area contributed by atoms with E-state index >= 15 is 0 Å². The van der Waals surface area contributed by atoms with Crippen molar-refractivity contribution < 1.29 is 14.7 Å². The molecule has 0 bridgehead atoms.